The number of halogens is 3. The van der Waals surface area contributed by atoms with Crippen LogP contribution < -0.4 is 0 Å². The summed E-state index contributed by atoms with van der Waals surface area (Å²) < 4.78 is 37.2. The number of furan rings is 1. The molecular formula is C18H23F3N2O4. The number of nitrogens with zero attached hydrogens (tertiary/aromatic N) is 2. The zero-order valence-corrected chi connectivity index (χ0v) is 14.8. The summed E-state index contributed by atoms with van der Waals surface area (Å²) in [4.78, 5) is 25.8. The summed E-state index contributed by atoms with van der Waals surface area (Å²) >= 11 is 0. The average molecular weight is 388 g/mol. The van der Waals surface area contributed by atoms with E-state index in [1.807, 2.05) is 12.1 Å². The highest BCUT2D eigenvalue weighted by molar-refractivity contribution is 5.77. The quantitative estimate of drug-likeness (QED) is 0.859. The van der Waals surface area contributed by atoms with Crippen LogP contribution in [0.5, 0.6) is 0 Å². The van der Waals surface area contributed by atoms with Crippen molar-refractivity contribution >= 4 is 11.9 Å². The van der Waals surface area contributed by atoms with Crippen LogP contribution >= 0.6 is 0 Å². The number of carbonyl (C=O) groups excluding carboxylic acids is 1. The highest BCUT2D eigenvalue weighted by Gasteiger charge is 2.44. The average Bonchev–Trinajstić information content (AvgIpc) is 3.10. The maximum Gasteiger partial charge on any atom is 0.490 e. The Morgan fingerprint density at radius 3 is 2.48 bits per heavy atom. The number of aliphatic carboxylic acids is 1. The van der Waals surface area contributed by atoms with Crippen molar-refractivity contribution in [2.45, 2.75) is 56.9 Å². The normalized spacial score (nSPS) is 25.7. The van der Waals surface area contributed by atoms with Gasteiger partial charge in [0.15, 0.2) is 0 Å². The fraction of sp³-hybridized carbons (Fsp3) is 0.667. The summed E-state index contributed by atoms with van der Waals surface area (Å²) in [6.07, 6.45) is 2.17. The van der Waals surface area contributed by atoms with Crippen molar-refractivity contribution in [3.8, 4) is 0 Å². The number of rotatable bonds is 4. The smallest absolute Gasteiger partial charge is 0.475 e. The Morgan fingerprint density at radius 1 is 1.22 bits per heavy atom. The number of carboxylic acid groups (broad SMARTS) is 1. The highest BCUT2D eigenvalue weighted by atomic mass is 19.4. The van der Waals surface area contributed by atoms with Crippen LogP contribution in [0.2, 0.25) is 0 Å². The molecule has 1 saturated carbocycles. The summed E-state index contributed by atoms with van der Waals surface area (Å²) in [5.41, 5.74) is 0. The van der Waals surface area contributed by atoms with Crippen LogP contribution in [0.4, 0.5) is 13.2 Å². The second kappa shape index (κ2) is 7.92. The van der Waals surface area contributed by atoms with Crippen molar-refractivity contribution in [1.82, 2.24) is 9.80 Å². The van der Waals surface area contributed by atoms with Crippen LogP contribution in [0.3, 0.4) is 0 Å². The van der Waals surface area contributed by atoms with E-state index in [2.05, 4.69) is 9.80 Å². The Balaban J connectivity index is 0.000000260. The Labute approximate surface area is 154 Å². The molecule has 3 fully saturated rings. The van der Waals surface area contributed by atoms with Crippen LogP contribution in [-0.4, -0.2) is 58.1 Å². The van der Waals surface area contributed by atoms with Gasteiger partial charge in [-0.15, -0.1) is 0 Å². The summed E-state index contributed by atoms with van der Waals surface area (Å²) in [5, 5.41) is 7.12. The van der Waals surface area contributed by atoms with E-state index < -0.39 is 12.1 Å². The van der Waals surface area contributed by atoms with Gasteiger partial charge in [-0.1, -0.05) is 0 Å². The van der Waals surface area contributed by atoms with Crippen molar-refractivity contribution in [2.24, 2.45) is 5.92 Å². The van der Waals surface area contributed by atoms with Crippen LogP contribution in [-0.2, 0) is 16.1 Å². The Bertz CT molecular complexity index is 658. The lowest BCUT2D eigenvalue weighted by Crippen LogP contribution is -2.52. The van der Waals surface area contributed by atoms with Gasteiger partial charge >= 0.3 is 12.1 Å². The molecule has 0 aromatic carbocycles. The van der Waals surface area contributed by atoms with E-state index in [4.69, 9.17) is 14.3 Å². The third kappa shape index (κ3) is 5.03. The second-order valence-corrected chi connectivity index (χ2v) is 7.30. The van der Waals surface area contributed by atoms with Gasteiger partial charge in [0.05, 0.1) is 12.8 Å². The Hall–Kier alpha value is -2.03. The van der Waals surface area contributed by atoms with E-state index in [1.165, 1.54) is 12.8 Å². The van der Waals surface area contributed by atoms with E-state index >= 15 is 0 Å². The van der Waals surface area contributed by atoms with Crippen LogP contribution in [0, 0.1) is 5.92 Å². The molecule has 4 rings (SSSR count). The van der Waals surface area contributed by atoms with Crippen LogP contribution in [0.15, 0.2) is 22.8 Å². The van der Waals surface area contributed by atoms with E-state index in [0.717, 1.165) is 50.6 Å². The fourth-order valence-electron chi connectivity index (χ4n) is 3.85. The van der Waals surface area contributed by atoms with E-state index in [0.29, 0.717) is 18.0 Å². The second-order valence-electron chi connectivity index (χ2n) is 7.30. The number of alkyl halides is 3. The van der Waals surface area contributed by atoms with E-state index in [1.54, 1.807) is 6.26 Å². The van der Waals surface area contributed by atoms with Crippen molar-refractivity contribution in [2.75, 3.05) is 13.1 Å². The van der Waals surface area contributed by atoms with E-state index in [9.17, 15) is 18.0 Å². The van der Waals surface area contributed by atoms with Gasteiger partial charge in [0.1, 0.15) is 5.76 Å². The molecule has 9 heteroatoms. The topological polar surface area (TPSA) is 74.0 Å². The minimum Gasteiger partial charge on any atom is -0.475 e. The first-order valence-electron chi connectivity index (χ1n) is 9.11. The number of amides is 1. The molecule has 0 radical (unpaired) electrons. The van der Waals surface area contributed by atoms with Gasteiger partial charge < -0.3 is 14.4 Å². The number of hydrogen-bond donors (Lipinski definition) is 1. The molecule has 1 aliphatic carbocycles. The number of fused-ring (bicyclic) bond motifs is 1. The molecule has 3 heterocycles. The lowest BCUT2D eigenvalue weighted by molar-refractivity contribution is -0.192. The van der Waals surface area contributed by atoms with Gasteiger partial charge in [-0.3, -0.25) is 9.69 Å². The van der Waals surface area contributed by atoms with Gasteiger partial charge in [0, 0.05) is 31.6 Å². The molecule has 0 spiro atoms. The van der Waals surface area contributed by atoms with Gasteiger partial charge in [0.2, 0.25) is 5.91 Å². The third-order valence-corrected chi connectivity index (χ3v) is 5.33. The molecule has 6 nitrogen and oxygen atoms in total. The molecule has 0 bridgehead atoms. The first-order valence-corrected chi connectivity index (χ1v) is 9.11. The first-order chi connectivity index (χ1) is 12.8. The Morgan fingerprint density at radius 2 is 1.93 bits per heavy atom. The molecule has 0 unspecified atom stereocenters. The van der Waals surface area contributed by atoms with Gasteiger partial charge in [-0.2, -0.15) is 13.2 Å². The molecule has 3 aliphatic rings. The number of piperidine rings is 1. The standard InChI is InChI=1S/C16H22N2O2.C2HF3O2/c19-16-6-5-14-15(18(16)10-12-3-4-12)7-8-17(14)11-13-2-1-9-20-13;3-2(4,5)1(6)7/h1-2,9,12,14-15H,3-8,10-11H2;(H,6,7)/t14-,15-;/m1./s1. The van der Waals surface area contributed by atoms with Crippen LogP contribution in [0.1, 0.15) is 37.9 Å². The SMILES string of the molecule is O=C(O)C(F)(F)F.O=C1CC[C@@H]2[C@@H](CCN2Cc2ccco2)N1CC1CC1. The Kier molecular flexibility index (Phi) is 5.78. The molecule has 2 saturated heterocycles. The van der Waals surface area contributed by atoms with Gasteiger partial charge in [0.25, 0.3) is 0 Å². The zero-order chi connectivity index (χ0) is 19.6. The zero-order valence-electron chi connectivity index (χ0n) is 14.8. The molecule has 1 aromatic heterocycles. The summed E-state index contributed by atoms with van der Waals surface area (Å²) in [7, 11) is 0. The number of carbonyl (C=O) groups is 2. The van der Waals surface area contributed by atoms with Crippen molar-refractivity contribution < 1.29 is 32.3 Å². The van der Waals surface area contributed by atoms with E-state index in [-0.39, 0.29) is 0 Å². The lowest BCUT2D eigenvalue weighted by atomic mass is 9.96. The number of carboxylic acids is 1. The van der Waals surface area contributed by atoms with Gasteiger partial charge in [-0.05, 0) is 43.7 Å². The predicted molar refractivity (Wildman–Crippen MR) is 88.7 cm³/mol. The van der Waals surface area contributed by atoms with Crippen molar-refractivity contribution in [3.05, 3.63) is 24.2 Å². The minimum atomic E-state index is -5.08. The highest BCUT2D eigenvalue weighted by Crippen LogP contribution is 2.37. The maximum absolute atomic E-state index is 12.2. The molecule has 2 aliphatic heterocycles. The fourth-order valence-corrected chi connectivity index (χ4v) is 3.85. The van der Waals surface area contributed by atoms with Crippen molar-refractivity contribution in [1.29, 1.82) is 0 Å². The number of likely N-dealkylation sites (tertiary alicyclic amines) is 2. The molecule has 1 amide bonds. The molecule has 27 heavy (non-hydrogen) atoms. The summed E-state index contributed by atoms with van der Waals surface area (Å²) in [6.45, 7) is 2.98. The van der Waals surface area contributed by atoms with Crippen molar-refractivity contribution in [3.63, 3.8) is 0 Å². The minimum absolute atomic E-state index is 0.387. The van der Waals surface area contributed by atoms with Gasteiger partial charge in [-0.25, -0.2) is 4.79 Å². The summed E-state index contributed by atoms with van der Waals surface area (Å²) in [5.74, 6) is -0.543. The predicted octanol–water partition coefficient (Wildman–Crippen LogP) is 2.89. The number of hydrogen-bond acceptors (Lipinski definition) is 4. The summed E-state index contributed by atoms with van der Waals surface area (Å²) in [6, 6.07) is 4.99. The first kappa shape index (κ1) is 19.7. The van der Waals surface area contributed by atoms with Crippen LogP contribution in [0.25, 0.3) is 0 Å². The lowest BCUT2D eigenvalue weighted by Gasteiger charge is -2.40. The largest absolute Gasteiger partial charge is 0.490 e. The molecule has 1 aromatic rings. The molecule has 150 valence electrons. The monoisotopic (exact) mass is 388 g/mol. The third-order valence-electron chi connectivity index (χ3n) is 5.33. The molecule has 2 atom stereocenters. The molecule has 1 N–H and O–H groups in total. The molecular weight excluding hydrogens is 365 g/mol. The maximum atomic E-state index is 12.2.